The lowest BCUT2D eigenvalue weighted by atomic mass is 9.94. The van der Waals surface area contributed by atoms with E-state index in [9.17, 15) is 13.2 Å². The van der Waals surface area contributed by atoms with Crippen LogP contribution < -0.4 is 5.46 Å². The Bertz CT molecular complexity index is 979. The summed E-state index contributed by atoms with van der Waals surface area (Å²) in [6.07, 6.45) is 1.54. The molecule has 0 saturated heterocycles. The summed E-state index contributed by atoms with van der Waals surface area (Å²) < 4.78 is 26.9. The fourth-order valence-corrected chi connectivity index (χ4v) is 3.92. The molecule has 0 aliphatic heterocycles. The highest BCUT2D eigenvalue weighted by Gasteiger charge is 2.25. The van der Waals surface area contributed by atoms with E-state index in [1.54, 1.807) is 36.5 Å². The number of pyridine rings is 1. The van der Waals surface area contributed by atoms with Gasteiger partial charge in [0, 0.05) is 18.5 Å². The van der Waals surface area contributed by atoms with Gasteiger partial charge in [-0.15, -0.1) is 0 Å². The van der Waals surface area contributed by atoms with Crippen molar-refractivity contribution in [1.82, 2.24) is 8.96 Å². The molecule has 0 amide bonds. The quantitative estimate of drug-likeness (QED) is 0.528. The molecular weight excluding hydrogens is 299 g/mol. The normalized spacial score (nSPS) is 11.7. The summed E-state index contributed by atoms with van der Waals surface area (Å²) in [5.74, 6) is -0.322. The lowest BCUT2D eigenvalue weighted by molar-refractivity contribution is 0.101. The third kappa shape index (κ3) is 2.14. The van der Waals surface area contributed by atoms with Crippen LogP contribution in [0.25, 0.3) is 11.0 Å². The Labute approximate surface area is 129 Å². The van der Waals surface area contributed by atoms with Gasteiger partial charge in [-0.25, -0.2) is 17.4 Å². The first-order valence-electron chi connectivity index (χ1n) is 6.71. The van der Waals surface area contributed by atoms with Crippen molar-refractivity contribution >= 4 is 40.1 Å². The van der Waals surface area contributed by atoms with E-state index in [1.807, 2.05) is 7.85 Å². The minimum atomic E-state index is -3.88. The number of nitrogens with zero attached hydrogens (tertiary/aromatic N) is 2. The van der Waals surface area contributed by atoms with Crippen molar-refractivity contribution in [3.8, 4) is 0 Å². The van der Waals surface area contributed by atoms with Gasteiger partial charge in [0.1, 0.15) is 13.5 Å². The van der Waals surface area contributed by atoms with Gasteiger partial charge in [-0.2, -0.15) is 0 Å². The third-order valence-corrected chi connectivity index (χ3v) is 5.24. The first kappa shape index (κ1) is 14.5. The van der Waals surface area contributed by atoms with Crippen LogP contribution in [0.4, 0.5) is 0 Å². The maximum Gasteiger partial charge on any atom is 0.270 e. The summed E-state index contributed by atoms with van der Waals surface area (Å²) in [5, 5.41) is 0.659. The highest BCUT2D eigenvalue weighted by molar-refractivity contribution is 7.90. The lowest BCUT2D eigenvalue weighted by Crippen LogP contribution is -2.18. The molecule has 110 valence electrons. The maximum absolute atomic E-state index is 12.9. The van der Waals surface area contributed by atoms with Crippen molar-refractivity contribution in [2.75, 3.05) is 0 Å². The molecule has 0 unspecified atom stereocenters. The number of Topliss-reactive ketones (excluding diaryl/α,β-unsaturated/α-hetero) is 1. The highest BCUT2D eigenvalue weighted by atomic mass is 32.2. The van der Waals surface area contributed by atoms with Crippen molar-refractivity contribution < 1.29 is 13.2 Å². The zero-order valence-electron chi connectivity index (χ0n) is 12.1. The monoisotopic (exact) mass is 312 g/mol. The molecule has 2 heterocycles. The molecule has 3 aromatic rings. The number of hydrogen-bond donors (Lipinski definition) is 0. The summed E-state index contributed by atoms with van der Waals surface area (Å²) >= 11 is 0. The van der Waals surface area contributed by atoms with Gasteiger partial charge < -0.3 is 0 Å². The van der Waals surface area contributed by atoms with Gasteiger partial charge in [0.2, 0.25) is 0 Å². The number of carbonyl (C=O) groups is 1. The van der Waals surface area contributed by atoms with Crippen LogP contribution in [0.3, 0.4) is 0 Å². The first-order valence-corrected chi connectivity index (χ1v) is 8.15. The van der Waals surface area contributed by atoms with E-state index in [0.717, 1.165) is 9.44 Å². The van der Waals surface area contributed by atoms with Gasteiger partial charge in [-0.05, 0) is 24.3 Å². The molecule has 0 aliphatic rings. The molecule has 0 aliphatic carbocycles. The minimum absolute atomic E-state index is 0.112. The number of carbonyl (C=O) groups excluding carboxylic acids is 1. The zero-order valence-corrected chi connectivity index (χ0v) is 13.0. The van der Waals surface area contributed by atoms with Gasteiger partial charge in [0.05, 0.1) is 4.90 Å². The molecule has 0 N–H and O–H groups in total. The van der Waals surface area contributed by atoms with E-state index in [1.165, 1.54) is 19.1 Å². The maximum atomic E-state index is 12.9. The van der Waals surface area contributed by atoms with Crippen LogP contribution in [-0.4, -0.2) is 31.0 Å². The van der Waals surface area contributed by atoms with Crippen LogP contribution in [0.5, 0.6) is 0 Å². The molecule has 2 aromatic heterocycles. The molecule has 0 fully saturated rings. The highest BCUT2D eigenvalue weighted by Crippen LogP contribution is 2.23. The molecule has 22 heavy (non-hydrogen) atoms. The standard InChI is InChI=1S/C15H13BN2O3S/c1-10(19)14-9-12-13(16)7-8-17-15(12)18(14)22(20,21)11-5-3-2-4-6-11/h2-9H,16H2,1H3. The van der Waals surface area contributed by atoms with Gasteiger partial charge in [0.25, 0.3) is 10.0 Å². The Kier molecular flexibility index (Phi) is 3.37. The Morgan fingerprint density at radius 3 is 2.50 bits per heavy atom. The average Bonchev–Trinajstić information content (AvgIpc) is 2.90. The smallest absolute Gasteiger partial charge is 0.270 e. The number of benzene rings is 1. The Balaban J connectivity index is 2.42. The van der Waals surface area contributed by atoms with Crippen LogP contribution in [-0.2, 0) is 10.0 Å². The topological polar surface area (TPSA) is 69.0 Å². The lowest BCUT2D eigenvalue weighted by Gasteiger charge is -2.09. The first-order chi connectivity index (χ1) is 10.4. The van der Waals surface area contributed by atoms with E-state index in [-0.39, 0.29) is 22.0 Å². The van der Waals surface area contributed by atoms with Crippen LogP contribution in [0, 0.1) is 0 Å². The summed E-state index contributed by atoms with van der Waals surface area (Å²) in [6, 6.07) is 11.4. The Morgan fingerprint density at radius 2 is 1.86 bits per heavy atom. The zero-order chi connectivity index (χ0) is 15.9. The van der Waals surface area contributed by atoms with Crippen molar-refractivity contribution in [2.24, 2.45) is 0 Å². The number of fused-ring (bicyclic) bond motifs is 1. The molecule has 1 aromatic carbocycles. The van der Waals surface area contributed by atoms with E-state index in [2.05, 4.69) is 4.98 Å². The van der Waals surface area contributed by atoms with Crippen LogP contribution in [0.15, 0.2) is 53.6 Å². The summed E-state index contributed by atoms with van der Waals surface area (Å²) in [6.45, 7) is 1.35. The van der Waals surface area contributed by atoms with Crippen LogP contribution in [0.1, 0.15) is 17.4 Å². The number of hydrogen-bond acceptors (Lipinski definition) is 4. The molecular formula is C15H13BN2O3S. The second-order valence-electron chi connectivity index (χ2n) is 5.03. The van der Waals surface area contributed by atoms with Gasteiger partial charge in [0.15, 0.2) is 11.4 Å². The average molecular weight is 312 g/mol. The molecule has 3 rings (SSSR count). The largest absolute Gasteiger partial charge is 0.293 e. The fourth-order valence-electron chi connectivity index (χ4n) is 2.39. The number of ketones is 1. The molecule has 0 radical (unpaired) electrons. The summed E-state index contributed by atoms with van der Waals surface area (Å²) in [7, 11) is -2.03. The van der Waals surface area contributed by atoms with E-state index >= 15 is 0 Å². The molecule has 0 spiro atoms. The minimum Gasteiger partial charge on any atom is -0.293 e. The molecule has 0 bridgehead atoms. The predicted molar refractivity (Wildman–Crippen MR) is 86.9 cm³/mol. The fraction of sp³-hybridized carbons (Fsp3) is 0.0667. The summed E-state index contributed by atoms with van der Waals surface area (Å²) in [4.78, 5) is 16.2. The number of rotatable bonds is 3. The van der Waals surface area contributed by atoms with Gasteiger partial charge in [-0.3, -0.25) is 4.79 Å². The van der Waals surface area contributed by atoms with Crippen LogP contribution in [0.2, 0.25) is 0 Å². The van der Waals surface area contributed by atoms with E-state index in [4.69, 9.17) is 0 Å². The van der Waals surface area contributed by atoms with Crippen molar-refractivity contribution in [1.29, 1.82) is 0 Å². The van der Waals surface area contributed by atoms with Crippen molar-refractivity contribution in [3.63, 3.8) is 0 Å². The SMILES string of the molecule is Bc1ccnc2c1cc(C(C)=O)n2S(=O)(=O)c1ccccc1. The predicted octanol–water partition coefficient (Wildman–Crippen LogP) is 0.734. The molecule has 7 heteroatoms. The van der Waals surface area contributed by atoms with Crippen molar-refractivity contribution in [2.45, 2.75) is 11.8 Å². The summed E-state index contributed by atoms with van der Waals surface area (Å²) in [5.41, 5.74) is 1.25. The Morgan fingerprint density at radius 1 is 1.18 bits per heavy atom. The second kappa shape index (κ2) is 5.10. The van der Waals surface area contributed by atoms with Gasteiger partial charge in [-0.1, -0.05) is 23.7 Å². The van der Waals surface area contributed by atoms with Crippen molar-refractivity contribution in [3.05, 3.63) is 54.4 Å². The van der Waals surface area contributed by atoms with E-state index in [0.29, 0.717) is 5.39 Å². The molecule has 0 atom stereocenters. The second-order valence-corrected chi connectivity index (χ2v) is 6.82. The Hall–Kier alpha value is -2.41. The molecule has 0 saturated carbocycles. The van der Waals surface area contributed by atoms with E-state index < -0.39 is 10.0 Å². The van der Waals surface area contributed by atoms with Gasteiger partial charge >= 0.3 is 0 Å². The van der Waals surface area contributed by atoms with Crippen LogP contribution >= 0.6 is 0 Å². The third-order valence-electron chi connectivity index (χ3n) is 3.52. The molecule has 5 nitrogen and oxygen atoms in total. The number of aromatic nitrogens is 2.